The standard InChI is InChI=1S/C34H32N4O3S/c1-22-20-30(23(2)37(22)25-8-7-9-29(21-25)40-4)33-32(31-10-5-6-19-35-31)36-34(42)38(33)24-11-13-27(14-12-24)41-28-17-15-26(39-3)16-18-28/h5-21,32-33H,1-4H3,(H,36,42)/t32-,33+/m1/s1. The molecule has 1 aliphatic heterocycles. The molecule has 0 radical (unpaired) electrons. The van der Waals surface area contributed by atoms with Gasteiger partial charge < -0.3 is 29.0 Å². The van der Waals surface area contributed by atoms with Gasteiger partial charge >= 0.3 is 0 Å². The summed E-state index contributed by atoms with van der Waals surface area (Å²) in [5, 5.41) is 4.21. The van der Waals surface area contributed by atoms with Crippen LogP contribution in [0.5, 0.6) is 23.0 Å². The third kappa shape index (κ3) is 5.17. The molecule has 1 aliphatic rings. The molecular weight excluding hydrogens is 544 g/mol. The molecule has 6 rings (SSSR count). The van der Waals surface area contributed by atoms with Crippen LogP contribution in [0.3, 0.4) is 0 Å². The normalized spacial score (nSPS) is 16.3. The van der Waals surface area contributed by atoms with E-state index in [0.717, 1.165) is 57.0 Å². The van der Waals surface area contributed by atoms with Crippen molar-refractivity contribution in [2.75, 3.05) is 19.1 Å². The van der Waals surface area contributed by atoms with E-state index in [4.69, 9.17) is 31.4 Å². The molecule has 0 spiro atoms. The van der Waals surface area contributed by atoms with Gasteiger partial charge in [-0.25, -0.2) is 0 Å². The van der Waals surface area contributed by atoms with Gasteiger partial charge in [0.25, 0.3) is 0 Å². The number of methoxy groups -OCH3 is 2. The Hall–Kier alpha value is -4.82. The number of hydrogen-bond donors (Lipinski definition) is 1. The fraction of sp³-hybridized carbons (Fsp3) is 0.176. The summed E-state index contributed by atoms with van der Waals surface area (Å²) >= 11 is 5.97. The average Bonchev–Trinajstić information content (AvgIpc) is 3.52. The predicted octanol–water partition coefficient (Wildman–Crippen LogP) is 7.48. The monoisotopic (exact) mass is 576 g/mol. The van der Waals surface area contributed by atoms with Crippen LogP contribution in [0.2, 0.25) is 0 Å². The lowest BCUT2D eigenvalue weighted by molar-refractivity contribution is 0.413. The van der Waals surface area contributed by atoms with Crippen molar-refractivity contribution in [2.24, 2.45) is 0 Å². The van der Waals surface area contributed by atoms with Crippen molar-refractivity contribution < 1.29 is 14.2 Å². The molecule has 42 heavy (non-hydrogen) atoms. The molecule has 0 unspecified atom stereocenters. The maximum absolute atomic E-state index is 6.08. The van der Waals surface area contributed by atoms with Crippen LogP contribution in [0.15, 0.2) is 103 Å². The molecule has 212 valence electrons. The van der Waals surface area contributed by atoms with E-state index in [0.29, 0.717) is 5.11 Å². The first-order valence-electron chi connectivity index (χ1n) is 13.7. The Morgan fingerprint density at radius 2 is 1.43 bits per heavy atom. The number of pyridine rings is 1. The highest BCUT2D eigenvalue weighted by Gasteiger charge is 2.42. The van der Waals surface area contributed by atoms with E-state index in [1.54, 1.807) is 14.2 Å². The minimum Gasteiger partial charge on any atom is -0.497 e. The first-order valence-corrected chi connectivity index (χ1v) is 14.1. The molecule has 0 saturated carbocycles. The molecule has 5 aromatic rings. The fourth-order valence-corrected chi connectivity index (χ4v) is 5.98. The topological polar surface area (TPSA) is 60.8 Å². The zero-order valence-corrected chi connectivity index (χ0v) is 24.8. The maximum Gasteiger partial charge on any atom is 0.174 e. The molecule has 8 heteroatoms. The van der Waals surface area contributed by atoms with Gasteiger partial charge in [-0.2, -0.15) is 0 Å². The number of ether oxygens (including phenoxy) is 3. The number of nitrogens with zero attached hydrogens (tertiary/aromatic N) is 3. The summed E-state index contributed by atoms with van der Waals surface area (Å²) in [6.07, 6.45) is 1.82. The van der Waals surface area contributed by atoms with Crippen LogP contribution < -0.4 is 24.4 Å². The second-order valence-electron chi connectivity index (χ2n) is 10.1. The third-order valence-corrected chi connectivity index (χ3v) is 7.92. The van der Waals surface area contributed by atoms with Gasteiger partial charge in [-0.15, -0.1) is 0 Å². The lowest BCUT2D eigenvalue weighted by Crippen LogP contribution is -2.29. The molecule has 0 aliphatic carbocycles. The number of hydrogen-bond acceptors (Lipinski definition) is 5. The van der Waals surface area contributed by atoms with Crippen LogP contribution in [0.25, 0.3) is 5.69 Å². The predicted molar refractivity (Wildman–Crippen MR) is 169 cm³/mol. The van der Waals surface area contributed by atoms with Crippen LogP contribution in [-0.2, 0) is 0 Å². The van der Waals surface area contributed by atoms with Crippen LogP contribution >= 0.6 is 12.2 Å². The van der Waals surface area contributed by atoms with Crippen molar-refractivity contribution >= 4 is 23.0 Å². The zero-order chi connectivity index (χ0) is 29.2. The van der Waals surface area contributed by atoms with Crippen molar-refractivity contribution in [1.82, 2.24) is 14.9 Å². The largest absolute Gasteiger partial charge is 0.497 e. The lowest BCUT2D eigenvalue weighted by atomic mass is 9.96. The summed E-state index contributed by atoms with van der Waals surface area (Å²) in [6.45, 7) is 4.28. The van der Waals surface area contributed by atoms with Crippen molar-refractivity contribution in [2.45, 2.75) is 25.9 Å². The van der Waals surface area contributed by atoms with Gasteiger partial charge in [-0.1, -0.05) is 12.1 Å². The molecule has 3 heterocycles. The first kappa shape index (κ1) is 27.4. The summed E-state index contributed by atoms with van der Waals surface area (Å²) in [7, 11) is 3.34. The Bertz CT molecular complexity index is 1700. The van der Waals surface area contributed by atoms with Gasteiger partial charge in [0.15, 0.2) is 5.11 Å². The van der Waals surface area contributed by atoms with Crippen molar-refractivity contribution in [3.63, 3.8) is 0 Å². The Balaban J connectivity index is 1.39. The summed E-state index contributed by atoms with van der Waals surface area (Å²) < 4.78 is 19.1. The molecule has 0 amide bonds. The van der Waals surface area contributed by atoms with Crippen LogP contribution in [-0.4, -0.2) is 28.9 Å². The Morgan fingerprint density at radius 3 is 2.10 bits per heavy atom. The average molecular weight is 577 g/mol. The highest BCUT2D eigenvalue weighted by atomic mass is 32.1. The second kappa shape index (κ2) is 11.6. The van der Waals surface area contributed by atoms with Crippen LogP contribution in [0.1, 0.15) is 34.7 Å². The summed E-state index contributed by atoms with van der Waals surface area (Å²) in [5.41, 5.74) is 6.35. The van der Waals surface area contributed by atoms with Crippen molar-refractivity contribution in [1.29, 1.82) is 0 Å². The second-order valence-corrected chi connectivity index (χ2v) is 10.5. The molecule has 3 aromatic carbocycles. The number of benzene rings is 3. The minimum absolute atomic E-state index is 0.133. The molecule has 1 saturated heterocycles. The zero-order valence-electron chi connectivity index (χ0n) is 23.9. The van der Waals surface area contributed by atoms with Crippen molar-refractivity contribution in [3.8, 4) is 28.7 Å². The van der Waals surface area contributed by atoms with E-state index in [2.05, 4.69) is 46.8 Å². The van der Waals surface area contributed by atoms with Crippen LogP contribution in [0, 0.1) is 13.8 Å². The molecule has 7 nitrogen and oxygen atoms in total. The molecule has 2 atom stereocenters. The van der Waals surface area contributed by atoms with Gasteiger partial charge in [-0.05, 0) is 110 Å². The third-order valence-electron chi connectivity index (χ3n) is 7.61. The molecule has 1 fully saturated rings. The van der Waals surface area contributed by atoms with Gasteiger partial charge in [0, 0.05) is 35.0 Å². The molecule has 0 bridgehead atoms. The van der Waals surface area contributed by atoms with Crippen molar-refractivity contribution in [3.05, 3.63) is 126 Å². The van der Waals surface area contributed by atoms with Gasteiger partial charge in [0.05, 0.1) is 32.0 Å². The number of nitrogens with one attached hydrogen (secondary N) is 1. The Labute approximate surface area is 251 Å². The highest BCUT2D eigenvalue weighted by molar-refractivity contribution is 7.80. The minimum atomic E-state index is -0.145. The SMILES string of the molecule is COc1ccc(Oc2ccc(N3C(=S)N[C@H](c4ccccn4)[C@@H]3c3cc(C)n(-c4cccc(OC)c4)c3C)cc2)cc1. The van der Waals surface area contributed by atoms with Gasteiger partial charge in [-0.3, -0.25) is 4.98 Å². The Morgan fingerprint density at radius 1 is 0.738 bits per heavy atom. The molecular formula is C34H32N4O3S. The van der Waals surface area contributed by atoms with E-state index < -0.39 is 0 Å². The van der Waals surface area contributed by atoms with E-state index in [-0.39, 0.29) is 12.1 Å². The van der Waals surface area contributed by atoms with E-state index >= 15 is 0 Å². The smallest absolute Gasteiger partial charge is 0.174 e. The number of aryl methyl sites for hydroxylation is 1. The van der Waals surface area contributed by atoms with Gasteiger partial charge in [0.1, 0.15) is 23.0 Å². The van der Waals surface area contributed by atoms with E-state index in [9.17, 15) is 0 Å². The molecule has 1 N–H and O–H groups in total. The maximum atomic E-state index is 6.08. The number of aromatic nitrogens is 2. The Kier molecular flexibility index (Phi) is 7.54. The molecule has 2 aromatic heterocycles. The highest BCUT2D eigenvalue weighted by Crippen LogP contribution is 2.44. The van der Waals surface area contributed by atoms with Gasteiger partial charge in [0.2, 0.25) is 0 Å². The van der Waals surface area contributed by atoms with E-state index in [1.165, 1.54) is 0 Å². The fourth-order valence-electron chi connectivity index (χ4n) is 5.64. The number of anilines is 1. The number of thiocarbonyl (C=S) groups is 1. The lowest BCUT2D eigenvalue weighted by Gasteiger charge is -2.28. The van der Waals surface area contributed by atoms with E-state index in [1.807, 2.05) is 85.1 Å². The summed E-state index contributed by atoms with van der Waals surface area (Å²) in [6, 6.07) is 31.6. The summed E-state index contributed by atoms with van der Waals surface area (Å²) in [5.74, 6) is 3.07. The summed E-state index contributed by atoms with van der Waals surface area (Å²) in [4.78, 5) is 6.90. The quantitative estimate of drug-likeness (QED) is 0.192. The first-order chi connectivity index (χ1) is 20.5. The number of rotatable bonds is 8. The van der Waals surface area contributed by atoms with Crippen LogP contribution in [0.4, 0.5) is 5.69 Å².